The van der Waals surface area contributed by atoms with Gasteiger partial charge in [0.25, 0.3) is 5.56 Å². The Morgan fingerprint density at radius 3 is 2.71 bits per heavy atom. The number of benzene rings is 2. The lowest BCUT2D eigenvalue weighted by Gasteiger charge is -2.27. The first-order chi connectivity index (χ1) is 19.9. The van der Waals surface area contributed by atoms with Crippen LogP contribution in [0.5, 0.6) is 11.5 Å². The number of carbonyl (C=O) groups is 1. The zero-order valence-electron chi connectivity index (χ0n) is 21.3. The van der Waals surface area contributed by atoms with Crippen molar-refractivity contribution in [2.75, 3.05) is 23.7 Å². The number of amides is 1. The highest BCUT2D eigenvalue weighted by atomic mass is 19.1. The predicted octanol–water partition coefficient (Wildman–Crippen LogP) is 4.06. The van der Waals surface area contributed by atoms with Gasteiger partial charge in [0.15, 0.2) is 23.0 Å². The first-order valence-corrected chi connectivity index (χ1v) is 12.5. The van der Waals surface area contributed by atoms with E-state index >= 15 is 0 Å². The van der Waals surface area contributed by atoms with Crippen LogP contribution in [-0.2, 0) is 4.79 Å². The van der Waals surface area contributed by atoms with Gasteiger partial charge in [-0.15, -0.1) is 0 Å². The molecule has 41 heavy (non-hydrogen) atoms. The van der Waals surface area contributed by atoms with Gasteiger partial charge in [-0.3, -0.25) is 18.8 Å². The molecule has 3 N–H and O–H groups in total. The summed E-state index contributed by atoms with van der Waals surface area (Å²) in [5.41, 5.74) is 0.923. The Bertz CT molecular complexity index is 1870. The molecule has 1 aliphatic heterocycles. The molecule has 3 aromatic heterocycles. The highest BCUT2D eigenvalue weighted by Crippen LogP contribution is 2.27. The molecule has 11 nitrogen and oxygen atoms in total. The average Bonchev–Trinajstić information content (AvgIpc) is 3.37. The second-order valence-electron chi connectivity index (χ2n) is 9.19. The van der Waals surface area contributed by atoms with Gasteiger partial charge in [-0.1, -0.05) is 12.6 Å². The number of aromatic nitrogens is 5. The van der Waals surface area contributed by atoms with Crippen molar-refractivity contribution in [3.8, 4) is 17.2 Å². The van der Waals surface area contributed by atoms with E-state index in [0.717, 1.165) is 31.3 Å². The van der Waals surface area contributed by atoms with Crippen molar-refractivity contribution in [3.63, 3.8) is 0 Å². The van der Waals surface area contributed by atoms with Gasteiger partial charge >= 0.3 is 0 Å². The third-order valence-electron chi connectivity index (χ3n) is 6.37. The molecule has 0 bridgehead atoms. The fourth-order valence-corrected chi connectivity index (χ4v) is 4.23. The Labute approximate surface area is 231 Å². The van der Waals surface area contributed by atoms with Gasteiger partial charge < -0.3 is 20.7 Å². The summed E-state index contributed by atoms with van der Waals surface area (Å²) >= 11 is 0. The number of carbonyl (C=O) groups excluding carboxylic acids is 1. The van der Waals surface area contributed by atoms with Crippen molar-refractivity contribution < 1.29 is 18.3 Å². The molecular formula is C28H22F2N8O3. The Morgan fingerprint density at radius 1 is 1.10 bits per heavy atom. The van der Waals surface area contributed by atoms with Crippen LogP contribution in [0.1, 0.15) is 6.04 Å². The van der Waals surface area contributed by atoms with Crippen LogP contribution in [0.15, 0.2) is 84.6 Å². The van der Waals surface area contributed by atoms with Crippen LogP contribution >= 0.6 is 0 Å². The molecule has 1 aliphatic rings. The number of nitrogens with one attached hydrogen (secondary N) is 3. The molecule has 0 saturated carbocycles. The van der Waals surface area contributed by atoms with E-state index in [1.165, 1.54) is 16.8 Å². The van der Waals surface area contributed by atoms with E-state index in [2.05, 4.69) is 37.6 Å². The Morgan fingerprint density at radius 2 is 1.95 bits per heavy atom. The Hall–Kier alpha value is -5.43. The van der Waals surface area contributed by atoms with E-state index in [0.29, 0.717) is 28.5 Å². The molecule has 2 aromatic carbocycles. The summed E-state index contributed by atoms with van der Waals surface area (Å²) < 4.78 is 36.5. The maximum Gasteiger partial charge on any atom is 0.299 e. The van der Waals surface area contributed by atoms with Crippen molar-refractivity contribution in [1.82, 2.24) is 29.6 Å². The van der Waals surface area contributed by atoms with E-state index in [9.17, 15) is 18.4 Å². The average molecular weight is 557 g/mol. The van der Waals surface area contributed by atoms with Crippen molar-refractivity contribution in [2.24, 2.45) is 0 Å². The molecule has 0 spiro atoms. The lowest BCUT2D eigenvalue weighted by atomic mass is 10.2. The normalized spacial score (nSPS) is 13.0. The zero-order valence-corrected chi connectivity index (χ0v) is 21.3. The SMILES string of the molecule is C=CC(=O)Nc1cccc(-n2c(=O)c(Oc3ccc(F)cc3F)cc3cnc(Nc4cnn(C5CNC5)c4)nc32)c1. The molecule has 4 heterocycles. The van der Waals surface area contributed by atoms with Gasteiger partial charge in [0.05, 0.1) is 23.6 Å². The highest BCUT2D eigenvalue weighted by molar-refractivity contribution is 5.99. The van der Waals surface area contributed by atoms with Gasteiger partial charge in [0.2, 0.25) is 11.9 Å². The predicted molar refractivity (Wildman–Crippen MR) is 148 cm³/mol. The summed E-state index contributed by atoms with van der Waals surface area (Å²) in [6.07, 6.45) is 6.10. The topological polar surface area (TPSA) is 128 Å². The van der Waals surface area contributed by atoms with E-state index in [-0.39, 0.29) is 29.1 Å². The monoisotopic (exact) mass is 556 g/mol. The summed E-state index contributed by atoms with van der Waals surface area (Å²) in [5.74, 6) is -2.57. The molecular weight excluding hydrogens is 534 g/mol. The fourth-order valence-electron chi connectivity index (χ4n) is 4.23. The molecule has 0 aliphatic carbocycles. The number of ether oxygens (including phenoxy) is 1. The standard InChI is InChI=1S/C28H22F2N8O3/c1-2-25(39)34-18-4-3-5-20(10-18)38-26-16(8-24(27(38)40)41-23-7-6-17(29)9-22(23)30)11-32-28(36-26)35-19-12-33-37(15-19)21-13-31-14-21/h2-12,15,21,31H,1,13-14H2,(H,34,39)(H,32,35,36). The summed E-state index contributed by atoms with van der Waals surface area (Å²) in [7, 11) is 0. The lowest BCUT2D eigenvalue weighted by Crippen LogP contribution is -2.43. The van der Waals surface area contributed by atoms with Gasteiger partial charge in [-0.2, -0.15) is 10.1 Å². The molecule has 13 heteroatoms. The number of halogens is 2. The van der Waals surface area contributed by atoms with E-state index < -0.39 is 23.1 Å². The van der Waals surface area contributed by atoms with Crippen LogP contribution in [0.4, 0.5) is 26.1 Å². The minimum atomic E-state index is -0.973. The van der Waals surface area contributed by atoms with Gasteiger partial charge in [-0.05, 0) is 42.5 Å². The fraction of sp³-hybridized carbons (Fsp3) is 0.107. The summed E-state index contributed by atoms with van der Waals surface area (Å²) in [6, 6.07) is 10.9. The van der Waals surface area contributed by atoms with Crippen LogP contribution in [0.3, 0.4) is 0 Å². The van der Waals surface area contributed by atoms with Crippen molar-refractivity contribution in [1.29, 1.82) is 0 Å². The summed E-state index contributed by atoms with van der Waals surface area (Å²) in [6.45, 7) is 5.11. The highest BCUT2D eigenvalue weighted by Gasteiger charge is 2.20. The van der Waals surface area contributed by atoms with Crippen molar-refractivity contribution in [3.05, 3.63) is 102 Å². The molecule has 0 unspecified atom stereocenters. The molecule has 0 atom stereocenters. The Balaban J connectivity index is 1.45. The maximum atomic E-state index is 14.4. The zero-order chi connectivity index (χ0) is 28.5. The first-order valence-electron chi connectivity index (χ1n) is 12.5. The van der Waals surface area contributed by atoms with Gasteiger partial charge in [0.1, 0.15) is 5.82 Å². The minimum Gasteiger partial charge on any atom is -0.448 e. The molecule has 0 radical (unpaired) electrons. The van der Waals surface area contributed by atoms with Crippen LogP contribution in [-0.4, -0.2) is 43.3 Å². The molecule has 1 fully saturated rings. The van der Waals surface area contributed by atoms with Crippen molar-refractivity contribution in [2.45, 2.75) is 6.04 Å². The number of nitrogens with zero attached hydrogens (tertiary/aromatic N) is 5. The maximum absolute atomic E-state index is 14.4. The van der Waals surface area contributed by atoms with Crippen LogP contribution in [0.2, 0.25) is 0 Å². The van der Waals surface area contributed by atoms with E-state index in [1.54, 1.807) is 30.5 Å². The van der Waals surface area contributed by atoms with Gasteiger partial charge in [-0.25, -0.2) is 13.8 Å². The number of hydrogen-bond acceptors (Lipinski definition) is 8. The molecule has 206 valence electrons. The van der Waals surface area contributed by atoms with E-state index in [1.807, 2.05) is 10.9 Å². The number of rotatable bonds is 8. The molecule has 5 aromatic rings. The smallest absolute Gasteiger partial charge is 0.299 e. The second kappa shape index (κ2) is 10.6. The minimum absolute atomic E-state index is 0.200. The largest absolute Gasteiger partial charge is 0.448 e. The quantitative estimate of drug-likeness (QED) is 0.244. The number of pyridine rings is 1. The Kier molecular flexibility index (Phi) is 6.69. The summed E-state index contributed by atoms with van der Waals surface area (Å²) in [5, 5.41) is 13.7. The second-order valence-corrected chi connectivity index (χ2v) is 9.19. The van der Waals surface area contributed by atoms with Crippen LogP contribution < -0.4 is 26.2 Å². The van der Waals surface area contributed by atoms with Gasteiger partial charge in [0, 0.05) is 42.6 Å². The first kappa shape index (κ1) is 25.8. The summed E-state index contributed by atoms with van der Waals surface area (Å²) in [4.78, 5) is 34.6. The van der Waals surface area contributed by atoms with Crippen LogP contribution in [0.25, 0.3) is 16.7 Å². The third-order valence-corrected chi connectivity index (χ3v) is 6.37. The molecule has 6 rings (SSSR count). The van der Waals surface area contributed by atoms with E-state index in [4.69, 9.17) is 4.74 Å². The molecule has 1 saturated heterocycles. The number of hydrogen-bond donors (Lipinski definition) is 3. The third kappa shape index (κ3) is 5.25. The number of anilines is 3. The lowest BCUT2D eigenvalue weighted by molar-refractivity contribution is -0.111. The van der Waals surface area contributed by atoms with Crippen molar-refractivity contribution >= 4 is 34.3 Å². The van der Waals surface area contributed by atoms with Crippen LogP contribution in [0, 0.1) is 11.6 Å². The molecule has 1 amide bonds. The number of fused-ring (bicyclic) bond motifs is 1.